The van der Waals surface area contributed by atoms with Gasteiger partial charge in [-0.05, 0) is 42.2 Å². The van der Waals surface area contributed by atoms with Crippen LogP contribution in [0, 0.1) is 0 Å². The first-order chi connectivity index (χ1) is 9.60. The highest BCUT2D eigenvalue weighted by molar-refractivity contribution is 6.42. The van der Waals surface area contributed by atoms with Crippen LogP contribution in [0.4, 0.5) is 0 Å². The van der Waals surface area contributed by atoms with Crippen LogP contribution in [0.15, 0.2) is 42.5 Å². The second-order valence-corrected chi connectivity index (χ2v) is 5.83. The van der Waals surface area contributed by atoms with Gasteiger partial charge in [-0.1, -0.05) is 59.1 Å². The Hall–Kier alpha value is -0.770. The molecule has 0 amide bonds. The Bertz CT molecular complexity index is 570. The molecule has 0 spiro atoms. The summed E-state index contributed by atoms with van der Waals surface area (Å²) in [5.41, 5.74) is 4.97. The third kappa shape index (κ3) is 4.11. The van der Waals surface area contributed by atoms with Crippen molar-refractivity contribution >= 4 is 34.8 Å². The molecule has 0 saturated carbocycles. The Morgan fingerprint density at radius 1 is 0.950 bits per heavy atom. The molecule has 1 unspecified atom stereocenters. The van der Waals surface area contributed by atoms with E-state index in [1.807, 2.05) is 36.4 Å². The Labute approximate surface area is 133 Å². The predicted molar refractivity (Wildman–Crippen MR) is 86.4 cm³/mol. The third-order valence-corrected chi connectivity index (χ3v) is 4.24. The molecular formula is C15H15Cl3N2. The van der Waals surface area contributed by atoms with E-state index in [9.17, 15) is 0 Å². The van der Waals surface area contributed by atoms with Gasteiger partial charge in [0.2, 0.25) is 0 Å². The average molecular weight is 330 g/mol. The van der Waals surface area contributed by atoms with Crippen LogP contribution >= 0.6 is 34.8 Å². The first kappa shape index (κ1) is 15.6. The van der Waals surface area contributed by atoms with Crippen LogP contribution in [-0.4, -0.2) is 6.04 Å². The molecule has 0 fully saturated rings. The predicted octanol–water partition coefficient (Wildman–Crippen LogP) is 4.26. The van der Waals surface area contributed by atoms with E-state index in [2.05, 4.69) is 5.43 Å². The van der Waals surface area contributed by atoms with Crippen molar-refractivity contribution in [3.8, 4) is 0 Å². The van der Waals surface area contributed by atoms with Crippen molar-refractivity contribution in [3.63, 3.8) is 0 Å². The van der Waals surface area contributed by atoms with E-state index in [0.717, 1.165) is 22.6 Å². The fourth-order valence-corrected chi connectivity index (χ4v) is 2.59. The summed E-state index contributed by atoms with van der Waals surface area (Å²) in [5.74, 6) is 5.63. The summed E-state index contributed by atoms with van der Waals surface area (Å²) in [6.45, 7) is 0. The third-order valence-electron chi connectivity index (χ3n) is 3.13. The molecular weight excluding hydrogens is 315 g/mol. The van der Waals surface area contributed by atoms with Gasteiger partial charge in [-0.2, -0.15) is 0 Å². The van der Waals surface area contributed by atoms with Gasteiger partial charge in [0.05, 0.1) is 10.0 Å². The highest BCUT2D eigenvalue weighted by Crippen LogP contribution is 2.26. The van der Waals surface area contributed by atoms with Crippen molar-refractivity contribution in [1.82, 2.24) is 5.43 Å². The number of nitrogens with one attached hydrogen (secondary N) is 1. The molecule has 0 aliphatic carbocycles. The number of hydrogen-bond acceptors (Lipinski definition) is 2. The molecule has 2 aromatic carbocycles. The summed E-state index contributed by atoms with van der Waals surface area (Å²) in [4.78, 5) is 0. The van der Waals surface area contributed by atoms with Gasteiger partial charge in [-0.3, -0.25) is 11.3 Å². The number of rotatable bonds is 5. The Morgan fingerprint density at radius 3 is 2.30 bits per heavy atom. The van der Waals surface area contributed by atoms with Gasteiger partial charge in [0, 0.05) is 11.1 Å². The Morgan fingerprint density at radius 2 is 1.65 bits per heavy atom. The van der Waals surface area contributed by atoms with E-state index < -0.39 is 0 Å². The summed E-state index contributed by atoms with van der Waals surface area (Å²) in [6, 6.07) is 13.4. The molecule has 106 valence electrons. The number of halogens is 3. The average Bonchev–Trinajstić information content (AvgIpc) is 2.45. The van der Waals surface area contributed by atoms with Gasteiger partial charge < -0.3 is 0 Å². The maximum absolute atomic E-state index is 6.20. The zero-order chi connectivity index (χ0) is 14.5. The highest BCUT2D eigenvalue weighted by atomic mass is 35.5. The van der Waals surface area contributed by atoms with Crippen LogP contribution in [0.5, 0.6) is 0 Å². The molecule has 2 nitrogen and oxygen atoms in total. The first-order valence-electron chi connectivity index (χ1n) is 6.23. The zero-order valence-electron chi connectivity index (χ0n) is 10.7. The second kappa shape index (κ2) is 7.30. The van der Waals surface area contributed by atoms with Crippen molar-refractivity contribution in [2.24, 2.45) is 5.84 Å². The van der Waals surface area contributed by atoms with Crippen molar-refractivity contribution in [1.29, 1.82) is 0 Å². The largest absolute Gasteiger partial charge is 0.271 e. The van der Waals surface area contributed by atoms with Crippen LogP contribution in [0.25, 0.3) is 0 Å². The molecule has 0 bridgehead atoms. The quantitative estimate of drug-likeness (QED) is 0.635. The van der Waals surface area contributed by atoms with Gasteiger partial charge in [-0.15, -0.1) is 0 Å². The molecule has 0 aliphatic heterocycles. The summed E-state index contributed by atoms with van der Waals surface area (Å²) >= 11 is 18.1. The normalized spacial score (nSPS) is 12.4. The fraction of sp³-hybridized carbons (Fsp3) is 0.200. The summed E-state index contributed by atoms with van der Waals surface area (Å²) < 4.78 is 0. The smallest absolute Gasteiger partial charge is 0.0624 e. The van der Waals surface area contributed by atoms with Crippen molar-refractivity contribution in [2.75, 3.05) is 0 Å². The van der Waals surface area contributed by atoms with Gasteiger partial charge in [0.1, 0.15) is 0 Å². The topological polar surface area (TPSA) is 38.0 Å². The van der Waals surface area contributed by atoms with Crippen molar-refractivity contribution in [3.05, 3.63) is 68.7 Å². The lowest BCUT2D eigenvalue weighted by Gasteiger charge is -2.17. The van der Waals surface area contributed by atoms with Gasteiger partial charge in [-0.25, -0.2) is 0 Å². The lowest BCUT2D eigenvalue weighted by Crippen LogP contribution is -2.38. The van der Waals surface area contributed by atoms with E-state index >= 15 is 0 Å². The maximum Gasteiger partial charge on any atom is 0.0624 e. The number of benzene rings is 2. The SMILES string of the molecule is NNC(Cc1ccc(Cl)cc1)Cc1cccc(Cl)c1Cl. The molecule has 0 aromatic heterocycles. The summed E-state index contributed by atoms with van der Waals surface area (Å²) in [6.07, 6.45) is 1.50. The Balaban J connectivity index is 2.09. The van der Waals surface area contributed by atoms with Crippen LogP contribution in [-0.2, 0) is 12.8 Å². The van der Waals surface area contributed by atoms with E-state index in [-0.39, 0.29) is 6.04 Å². The minimum Gasteiger partial charge on any atom is -0.271 e. The molecule has 3 N–H and O–H groups in total. The number of hydrazine groups is 1. The molecule has 0 saturated heterocycles. The van der Waals surface area contributed by atoms with E-state index in [0.29, 0.717) is 16.5 Å². The fourth-order valence-electron chi connectivity index (χ4n) is 2.07. The van der Waals surface area contributed by atoms with E-state index in [4.69, 9.17) is 40.6 Å². The summed E-state index contributed by atoms with van der Waals surface area (Å²) in [5, 5.41) is 1.88. The number of hydrogen-bond donors (Lipinski definition) is 2. The maximum atomic E-state index is 6.20. The number of nitrogens with two attached hydrogens (primary N) is 1. The second-order valence-electron chi connectivity index (χ2n) is 4.61. The molecule has 0 radical (unpaired) electrons. The molecule has 0 aliphatic rings. The molecule has 2 rings (SSSR count). The minimum atomic E-state index is 0.0761. The molecule has 20 heavy (non-hydrogen) atoms. The van der Waals surface area contributed by atoms with Crippen molar-refractivity contribution < 1.29 is 0 Å². The van der Waals surface area contributed by atoms with Crippen LogP contribution in [0.1, 0.15) is 11.1 Å². The highest BCUT2D eigenvalue weighted by Gasteiger charge is 2.12. The van der Waals surface area contributed by atoms with Crippen molar-refractivity contribution in [2.45, 2.75) is 18.9 Å². The first-order valence-corrected chi connectivity index (χ1v) is 7.37. The molecule has 2 aromatic rings. The molecule has 1 atom stereocenters. The van der Waals surface area contributed by atoms with E-state index in [1.165, 1.54) is 0 Å². The van der Waals surface area contributed by atoms with E-state index in [1.54, 1.807) is 6.07 Å². The Kier molecular flexibility index (Phi) is 5.70. The minimum absolute atomic E-state index is 0.0761. The van der Waals surface area contributed by atoms with Gasteiger partial charge in [0.15, 0.2) is 0 Å². The summed E-state index contributed by atoms with van der Waals surface area (Å²) in [7, 11) is 0. The standard InChI is InChI=1S/C15H15Cl3N2/c16-12-6-4-10(5-7-12)8-13(20-19)9-11-2-1-3-14(17)15(11)18/h1-7,13,20H,8-9,19H2. The van der Waals surface area contributed by atoms with Gasteiger partial charge in [0.25, 0.3) is 0 Å². The monoisotopic (exact) mass is 328 g/mol. The van der Waals surface area contributed by atoms with Crippen LogP contribution < -0.4 is 11.3 Å². The lowest BCUT2D eigenvalue weighted by atomic mass is 9.99. The zero-order valence-corrected chi connectivity index (χ0v) is 13.0. The van der Waals surface area contributed by atoms with Gasteiger partial charge >= 0.3 is 0 Å². The molecule has 5 heteroatoms. The molecule has 0 heterocycles. The lowest BCUT2D eigenvalue weighted by molar-refractivity contribution is 0.522. The van der Waals surface area contributed by atoms with Crippen LogP contribution in [0.2, 0.25) is 15.1 Å². The van der Waals surface area contributed by atoms with Crippen LogP contribution in [0.3, 0.4) is 0 Å².